The molecule has 1 aliphatic carbocycles. The molecular formula is C11H22OS. The van der Waals surface area contributed by atoms with E-state index >= 15 is 0 Å². The van der Waals surface area contributed by atoms with Crippen LogP contribution in [-0.2, 0) is 0 Å². The minimum absolute atomic E-state index is 0.346. The standard InChI is InChI=1S/C11H22OS/c1-9(2)11(8-12)13-10-6-4-3-5-7-10/h9-12H,3-8H2,1-2H3. The Morgan fingerprint density at radius 3 is 2.31 bits per heavy atom. The van der Waals surface area contributed by atoms with Gasteiger partial charge in [-0.15, -0.1) is 0 Å². The van der Waals surface area contributed by atoms with Crippen molar-refractivity contribution in [3.05, 3.63) is 0 Å². The topological polar surface area (TPSA) is 20.2 Å². The molecule has 2 heteroatoms. The van der Waals surface area contributed by atoms with Crippen molar-refractivity contribution in [2.45, 2.75) is 56.5 Å². The van der Waals surface area contributed by atoms with Crippen LogP contribution in [0.3, 0.4) is 0 Å². The first-order valence-corrected chi connectivity index (χ1v) is 6.44. The van der Waals surface area contributed by atoms with Gasteiger partial charge >= 0.3 is 0 Å². The van der Waals surface area contributed by atoms with Gasteiger partial charge < -0.3 is 5.11 Å². The van der Waals surface area contributed by atoms with Crippen molar-refractivity contribution >= 4 is 11.8 Å². The molecule has 0 heterocycles. The lowest BCUT2D eigenvalue weighted by Crippen LogP contribution is -2.21. The number of aliphatic hydroxyl groups is 1. The molecule has 1 N–H and O–H groups in total. The van der Waals surface area contributed by atoms with E-state index in [2.05, 4.69) is 13.8 Å². The van der Waals surface area contributed by atoms with Crippen molar-refractivity contribution in [2.24, 2.45) is 5.92 Å². The third kappa shape index (κ3) is 3.90. The van der Waals surface area contributed by atoms with Crippen LogP contribution in [0.5, 0.6) is 0 Å². The first-order chi connectivity index (χ1) is 6.24. The number of hydrogen-bond acceptors (Lipinski definition) is 2. The monoisotopic (exact) mass is 202 g/mol. The molecule has 0 aromatic rings. The molecule has 1 aliphatic rings. The van der Waals surface area contributed by atoms with Gasteiger partial charge in [-0.3, -0.25) is 0 Å². The molecule has 0 saturated heterocycles. The van der Waals surface area contributed by atoms with Gasteiger partial charge in [-0.05, 0) is 18.8 Å². The third-order valence-corrected chi connectivity index (χ3v) is 4.74. The Morgan fingerprint density at radius 1 is 1.23 bits per heavy atom. The summed E-state index contributed by atoms with van der Waals surface area (Å²) in [6.07, 6.45) is 6.95. The molecule has 0 spiro atoms. The highest BCUT2D eigenvalue weighted by molar-refractivity contribution is 8.00. The Balaban J connectivity index is 2.27. The molecule has 1 fully saturated rings. The quantitative estimate of drug-likeness (QED) is 0.756. The van der Waals surface area contributed by atoms with Gasteiger partial charge in [-0.25, -0.2) is 0 Å². The highest BCUT2D eigenvalue weighted by Crippen LogP contribution is 2.33. The van der Waals surface area contributed by atoms with Crippen LogP contribution >= 0.6 is 11.8 Å². The van der Waals surface area contributed by atoms with Gasteiger partial charge in [-0.1, -0.05) is 33.1 Å². The van der Waals surface area contributed by atoms with E-state index in [-0.39, 0.29) is 0 Å². The molecule has 1 atom stereocenters. The molecule has 0 bridgehead atoms. The van der Waals surface area contributed by atoms with Crippen molar-refractivity contribution in [3.63, 3.8) is 0 Å². The highest BCUT2D eigenvalue weighted by atomic mass is 32.2. The molecular weight excluding hydrogens is 180 g/mol. The van der Waals surface area contributed by atoms with Gasteiger partial charge in [0.15, 0.2) is 0 Å². The van der Waals surface area contributed by atoms with Crippen LogP contribution in [0.4, 0.5) is 0 Å². The summed E-state index contributed by atoms with van der Waals surface area (Å²) in [5.41, 5.74) is 0. The van der Waals surface area contributed by atoms with Crippen LogP contribution in [0.15, 0.2) is 0 Å². The minimum Gasteiger partial charge on any atom is -0.395 e. The average Bonchev–Trinajstić information content (AvgIpc) is 2.15. The first-order valence-electron chi connectivity index (χ1n) is 5.50. The number of aliphatic hydroxyl groups excluding tert-OH is 1. The molecule has 0 aliphatic heterocycles. The SMILES string of the molecule is CC(C)C(CO)SC1CCCCC1. The zero-order valence-corrected chi connectivity index (χ0v) is 9.65. The van der Waals surface area contributed by atoms with Crippen LogP contribution in [0.1, 0.15) is 46.0 Å². The molecule has 78 valence electrons. The lowest BCUT2D eigenvalue weighted by atomic mass is 10.0. The maximum Gasteiger partial charge on any atom is 0.0552 e. The largest absolute Gasteiger partial charge is 0.395 e. The van der Waals surface area contributed by atoms with Crippen molar-refractivity contribution in [2.75, 3.05) is 6.61 Å². The van der Waals surface area contributed by atoms with Gasteiger partial charge in [-0.2, -0.15) is 11.8 Å². The van der Waals surface area contributed by atoms with Crippen molar-refractivity contribution in [3.8, 4) is 0 Å². The Morgan fingerprint density at radius 2 is 1.85 bits per heavy atom. The van der Waals surface area contributed by atoms with E-state index in [9.17, 15) is 5.11 Å². The summed E-state index contributed by atoms with van der Waals surface area (Å²) in [6, 6.07) is 0. The zero-order chi connectivity index (χ0) is 9.68. The summed E-state index contributed by atoms with van der Waals surface area (Å²) in [4.78, 5) is 0. The average molecular weight is 202 g/mol. The second kappa shape index (κ2) is 5.92. The third-order valence-electron chi connectivity index (χ3n) is 2.84. The summed E-state index contributed by atoms with van der Waals surface area (Å²) in [7, 11) is 0. The van der Waals surface area contributed by atoms with Crippen LogP contribution in [-0.4, -0.2) is 22.2 Å². The second-order valence-electron chi connectivity index (χ2n) is 4.36. The molecule has 0 aromatic heterocycles. The lowest BCUT2D eigenvalue weighted by Gasteiger charge is -2.27. The smallest absolute Gasteiger partial charge is 0.0552 e. The van der Waals surface area contributed by atoms with Gasteiger partial charge in [0.25, 0.3) is 0 Å². The van der Waals surface area contributed by atoms with E-state index in [4.69, 9.17) is 0 Å². The molecule has 0 radical (unpaired) electrons. The highest BCUT2D eigenvalue weighted by Gasteiger charge is 2.20. The zero-order valence-electron chi connectivity index (χ0n) is 8.83. The van der Waals surface area contributed by atoms with Crippen LogP contribution in [0.25, 0.3) is 0 Å². The predicted molar refractivity (Wildman–Crippen MR) is 60.2 cm³/mol. The van der Waals surface area contributed by atoms with E-state index in [0.29, 0.717) is 17.8 Å². The summed E-state index contributed by atoms with van der Waals surface area (Å²) >= 11 is 2.02. The fraction of sp³-hybridized carbons (Fsp3) is 1.00. The van der Waals surface area contributed by atoms with E-state index in [1.54, 1.807) is 0 Å². The molecule has 13 heavy (non-hydrogen) atoms. The number of thioether (sulfide) groups is 1. The minimum atomic E-state index is 0.346. The fourth-order valence-electron chi connectivity index (χ4n) is 1.86. The van der Waals surface area contributed by atoms with Crippen LogP contribution in [0, 0.1) is 5.92 Å². The van der Waals surface area contributed by atoms with E-state index < -0.39 is 0 Å². The Bertz CT molecular complexity index is 130. The Kier molecular flexibility index (Phi) is 5.18. The molecule has 0 amide bonds. The van der Waals surface area contributed by atoms with Gasteiger partial charge in [0.05, 0.1) is 6.61 Å². The summed E-state index contributed by atoms with van der Waals surface area (Å²) in [5, 5.41) is 10.5. The number of rotatable bonds is 4. The summed E-state index contributed by atoms with van der Waals surface area (Å²) in [6.45, 7) is 4.76. The van der Waals surface area contributed by atoms with Crippen LogP contribution in [0.2, 0.25) is 0 Å². The fourth-order valence-corrected chi connectivity index (χ4v) is 3.36. The van der Waals surface area contributed by atoms with Crippen molar-refractivity contribution in [1.82, 2.24) is 0 Å². The molecule has 0 aromatic carbocycles. The molecule has 1 rings (SSSR count). The lowest BCUT2D eigenvalue weighted by molar-refractivity contribution is 0.274. The van der Waals surface area contributed by atoms with Gasteiger partial charge in [0, 0.05) is 10.5 Å². The summed E-state index contributed by atoms with van der Waals surface area (Å²) in [5.74, 6) is 0.608. The van der Waals surface area contributed by atoms with Gasteiger partial charge in [0.2, 0.25) is 0 Å². The maximum atomic E-state index is 9.21. The number of hydrogen-bond donors (Lipinski definition) is 1. The van der Waals surface area contributed by atoms with E-state index in [1.165, 1.54) is 32.1 Å². The Hall–Kier alpha value is 0.310. The molecule has 1 saturated carbocycles. The molecule has 1 unspecified atom stereocenters. The second-order valence-corrected chi connectivity index (χ2v) is 5.91. The molecule has 1 nitrogen and oxygen atoms in total. The Labute approximate surface area is 86.3 Å². The van der Waals surface area contributed by atoms with Crippen molar-refractivity contribution < 1.29 is 5.11 Å². The maximum absolute atomic E-state index is 9.21. The van der Waals surface area contributed by atoms with E-state index in [0.717, 1.165) is 5.25 Å². The van der Waals surface area contributed by atoms with Gasteiger partial charge in [0.1, 0.15) is 0 Å². The van der Waals surface area contributed by atoms with Crippen LogP contribution < -0.4 is 0 Å². The summed E-state index contributed by atoms with van der Waals surface area (Å²) < 4.78 is 0. The normalized spacial score (nSPS) is 22.2. The first kappa shape index (κ1) is 11.4. The predicted octanol–water partition coefficient (Wildman–Crippen LogP) is 3.07. The van der Waals surface area contributed by atoms with E-state index in [1.807, 2.05) is 11.8 Å². The van der Waals surface area contributed by atoms with Crippen molar-refractivity contribution in [1.29, 1.82) is 0 Å².